The Morgan fingerprint density at radius 3 is 2.96 bits per heavy atom. The molecule has 3 aromatic rings. The van der Waals surface area contributed by atoms with Crippen molar-refractivity contribution in [2.45, 2.75) is 13.1 Å². The first-order valence-electron chi connectivity index (χ1n) is 6.72. The maximum absolute atomic E-state index is 12.2. The predicted octanol–water partition coefficient (Wildman–Crippen LogP) is -0.906. The lowest BCUT2D eigenvalue weighted by molar-refractivity contribution is -0.131. The summed E-state index contributed by atoms with van der Waals surface area (Å²) < 4.78 is 1.24. The summed E-state index contributed by atoms with van der Waals surface area (Å²) in [6.07, 6.45) is 0. The maximum atomic E-state index is 12.2. The van der Waals surface area contributed by atoms with E-state index in [-0.39, 0.29) is 18.4 Å². The highest BCUT2D eigenvalue weighted by atomic mass is 16.2. The lowest BCUT2D eigenvalue weighted by Crippen LogP contribution is -2.30. The summed E-state index contributed by atoms with van der Waals surface area (Å²) in [5.41, 5.74) is 7.31. The molecule has 11 heteroatoms. The van der Waals surface area contributed by atoms with E-state index >= 15 is 0 Å². The van der Waals surface area contributed by atoms with Gasteiger partial charge in [-0.1, -0.05) is 23.3 Å². The van der Waals surface area contributed by atoms with Gasteiger partial charge in [0.2, 0.25) is 17.7 Å². The van der Waals surface area contributed by atoms with Gasteiger partial charge in [0, 0.05) is 19.2 Å². The van der Waals surface area contributed by atoms with E-state index in [9.17, 15) is 4.79 Å². The van der Waals surface area contributed by atoms with Crippen LogP contribution in [0.15, 0.2) is 24.3 Å². The molecule has 2 heterocycles. The van der Waals surface area contributed by atoms with Crippen LogP contribution in [0.2, 0.25) is 0 Å². The van der Waals surface area contributed by atoms with Crippen molar-refractivity contribution in [2.24, 2.45) is 0 Å². The molecule has 0 atom stereocenters. The zero-order valence-corrected chi connectivity index (χ0v) is 12.3. The molecule has 0 unspecified atom stereocenters. The van der Waals surface area contributed by atoms with Crippen LogP contribution in [0.1, 0.15) is 5.56 Å². The predicted molar refractivity (Wildman–Crippen MR) is 78.3 cm³/mol. The van der Waals surface area contributed by atoms with E-state index in [0.717, 1.165) is 11.1 Å². The Hall–Kier alpha value is -3.37. The molecular formula is C12H14N10O. The summed E-state index contributed by atoms with van der Waals surface area (Å²) in [5, 5.41) is 24.4. The third-order valence-corrected chi connectivity index (χ3v) is 3.22. The third kappa shape index (κ3) is 3.28. The molecule has 0 spiro atoms. The number of tetrazole rings is 2. The number of nitrogens with one attached hydrogen (secondary N) is 1. The van der Waals surface area contributed by atoms with Gasteiger partial charge < -0.3 is 10.6 Å². The van der Waals surface area contributed by atoms with Gasteiger partial charge in [-0.2, -0.15) is 5.21 Å². The number of amides is 1. The summed E-state index contributed by atoms with van der Waals surface area (Å²) in [6, 6.07) is 7.56. The monoisotopic (exact) mass is 314 g/mol. The fourth-order valence-electron chi connectivity index (χ4n) is 2.03. The molecule has 0 aliphatic rings. The summed E-state index contributed by atoms with van der Waals surface area (Å²) in [7, 11) is 1.70. The molecule has 0 fully saturated rings. The van der Waals surface area contributed by atoms with Crippen molar-refractivity contribution in [3.8, 4) is 11.4 Å². The van der Waals surface area contributed by atoms with Crippen molar-refractivity contribution >= 4 is 11.9 Å². The molecule has 1 aromatic carbocycles. The van der Waals surface area contributed by atoms with Crippen molar-refractivity contribution in [3.05, 3.63) is 29.8 Å². The molecule has 0 aliphatic heterocycles. The van der Waals surface area contributed by atoms with Crippen molar-refractivity contribution < 1.29 is 4.79 Å². The third-order valence-electron chi connectivity index (χ3n) is 3.22. The molecular weight excluding hydrogens is 300 g/mol. The number of carbonyl (C=O) groups excluding carboxylic acids is 1. The number of carbonyl (C=O) groups is 1. The summed E-state index contributed by atoms with van der Waals surface area (Å²) in [5.74, 6) is 0.446. The molecule has 118 valence electrons. The fourth-order valence-corrected chi connectivity index (χ4v) is 2.03. The first kappa shape index (κ1) is 14.6. The molecule has 1 amide bonds. The number of anilines is 1. The summed E-state index contributed by atoms with van der Waals surface area (Å²) >= 11 is 0. The van der Waals surface area contributed by atoms with Crippen molar-refractivity contribution in [1.29, 1.82) is 0 Å². The van der Waals surface area contributed by atoms with E-state index in [4.69, 9.17) is 5.73 Å². The van der Waals surface area contributed by atoms with Crippen molar-refractivity contribution in [3.63, 3.8) is 0 Å². The smallest absolute Gasteiger partial charge is 0.244 e. The zero-order valence-electron chi connectivity index (χ0n) is 12.3. The van der Waals surface area contributed by atoms with Gasteiger partial charge in [0.15, 0.2) is 0 Å². The maximum Gasteiger partial charge on any atom is 0.244 e. The minimum absolute atomic E-state index is 0.0140. The number of aromatic amines is 1. The number of nitrogens with zero attached hydrogens (tertiary/aromatic N) is 8. The molecule has 11 nitrogen and oxygen atoms in total. The minimum Gasteiger partial charge on any atom is -0.367 e. The van der Waals surface area contributed by atoms with E-state index in [1.54, 1.807) is 11.9 Å². The largest absolute Gasteiger partial charge is 0.367 e. The Morgan fingerprint density at radius 2 is 2.26 bits per heavy atom. The van der Waals surface area contributed by atoms with Gasteiger partial charge in [0.05, 0.1) is 0 Å². The number of rotatable bonds is 5. The normalized spacial score (nSPS) is 10.7. The topological polar surface area (TPSA) is 144 Å². The average molecular weight is 314 g/mol. The van der Waals surface area contributed by atoms with Crippen LogP contribution < -0.4 is 5.73 Å². The van der Waals surface area contributed by atoms with Crippen LogP contribution in [-0.2, 0) is 17.9 Å². The molecule has 23 heavy (non-hydrogen) atoms. The minimum atomic E-state index is -0.158. The van der Waals surface area contributed by atoms with Crippen LogP contribution in [0.3, 0.4) is 0 Å². The Balaban J connectivity index is 1.68. The number of nitrogen functional groups attached to an aromatic ring is 1. The Kier molecular flexibility index (Phi) is 3.91. The molecule has 3 N–H and O–H groups in total. The second-order valence-corrected chi connectivity index (χ2v) is 4.88. The number of likely N-dealkylation sites (N-methyl/N-ethyl adjacent to an activating group) is 1. The van der Waals surface area contributed by atoms with Gasteiger partial charge in [0.1, 0.15) is 6.54 Å². The molecule has 0 aliphatic carbocycles. The number of nitrogens with two attached hydrogens (primary N) is 1. The highest BCUT2D eigenvalue weighted by molar-refractivity contribution is 5.76. The number of hydrogen-bond donors (Lipinski definition) is 2. The Bertz CT molecular complexity index is 796. The first-order chi connectivity index (χ1) is 11.1. The van der Waals surface area contributed by atoms with Crippen LogP contribution in [0.5, 0.6) is 0 Å². The number of aromatic nitrogens is 8. The number of hydrogen-bond acceptors (Lipinski definition) is 8. The van der Waals surface area contributed by atoms with Gasteiger partial charge in [-0.05, 0) is 27.3 Å². The molecule has 2 aromatic heterocycles. The Morgan fingerprint density at radius 1 is 1.39 bits per heavy atom. The van der Waals surface area contributed by atoms with Gasteiger partial charge >= 0.3 is 0 Å². The average Bonchev–Trinajstić information content (AvgIpc) is 3.20. The highest BCUT2D eigenvalue weighted by Crippen LogP contribution is 2.16. The van der Waals surface area contributed by atoms with Crippen LogP contribution in [0.25, 0.3) is 11.4 Å². The first-order valence-corrected chi connectivity index (χ1v) is 6.72. The van der Waals surface area contributed by atoms with Gasteiger partial charge in [-0.25, -0.2) is 4.68 Å². The fraction of sp³-hybridized carbons (Fsp3) is 0.250. The second-order valence-electron chi connectivity index (χ2n) is 4.88. The molecule has 0 radical (unpaired) electrons. The van der Waals surface area contributed by atoms with Gasteiger partial charge in [-0.3, -0.25) is 4.79 Å². The lowest BCUT2D eigenvalue weighted by atomic mass is 10.1. The standard InChI is InChI=1S/C12H14N10O/c1-21(10(23)7-22-12(13)16-19-20-22)6-8-3-2-4-9(5-8)11-14-17-18-15-11/h2-5H,6-7H2,1H3,(H2,13,16,20)(H,14,15,17,18). The van der Waals surface area contributed by atoms with E-state index < -0.39 is 0 Å². The highest BCUT2D eigenvalue weighted by Gasteiger charge is 2.13. The molecule has 0 saturated carbocycles. The zero-order chi connectivity index (χ0) is 16.2. The van der Waals surface area contributed by atoms with E-state index in [1.165, 1.54) is 4.68 Å². The summed E-state index contributed by atoms with van der Waals surface area (Å²) in [4.78, 5) is 13.8. The molecule has 0 saturated heterocycles. The molecule has 3 rings (SSSR count). The van der Waals surface area contributed by atoms with Crippen molar-refractivity contribution in [1.82, 2.24) is 45.7 Å². The number of benzene rings is 1. The van der Waals surface area contributed by atoms with E-state index in [0.29, 0.717) is 12.4 Å². The van der Waals surface area contributed by atoms with Gasteiger partial charge in [0.25, 0.3) is 0 Å². The van der Waals surface area contributed by atoms with Crippen LogP contribution in [0, 0.1) is 0 Å². The summed E-state index contributed by atoms with van der Waals surface area (Å²) in [6.45, 7) is 0.409. The van der Waals surface area contributed by atoms with E-state index in [2.05, 4.69) is 36.1 Å². The van der Waals surface area contributed by atoms with Crippen LogP contribution in [-0.4, -0.2) is 58.7 Å². The Labute approximate surface area is 130 Å². The number of H-pyrrole nitrogens is 1. The second kappa shape index (κ2) is 6.17. The molecule has 0 bridgehead atoms. The van der Waals surface area contributed by atoms with Gasteiger partial charge in [-0.15, -0.1) is 10.2 Å². The quantitative estimate of drug-likeness (QED) is 0.616. The van der Waals surface area contributed by atoms with Crippen LogP contribution >= 0.6 is 0 Å². The van der Waals surface area contributed by atoms with E-state index in [1.807, 2.05) is 24.3 Å². The van der Waals surface area contributed by atoms with Crippen molar-refractivity contribution in [2.75, 3.05) is 12.8 Å². The SMILES string of the molecule is CN(Cc1cccc(-c2nn[nH]n2)c1)C(=O)Cn1nnnc1N. The lowest BCUT2D eigenvalue weighted by Gasteiger charge is -2.17. The van der Waals surface area contributed by atoms with Crippen LogP contribution in [0.4, 0.5) is 5.95 Å².